The molecule has 1 saturated heterocycles. The van der Waals surface area contributed by atoms with Crippen LogP contribution in [-0.2, 0) is 19.1 Å². The Kier molecular flexibility index (Phi) is 5.46. The summed E-state index contributed by atoms with van der Waals surface area (Å²) >= 11 is 11.9. The molecular weight excluding hydrogens is 467 g/mol. The van der Waals surface area contributed by atoms with Crippen LogP contribution >= 0.6 is 23.2 Å². The SMILES string of the molecule is O=C(COC(=O)c1ccc(N2C(=O)[C@@H]3[C@@H](C2=O)[C@H]2C=C[C@H]3C2)cc1)Nc1cccc(Cl)c1Cl. The number of esters is 1. The molecule has 3 amide bonds. The van der Waals surface area contributed by atoms with E-state index in [1.54, 1.807) is 18.2 Å². The van der Waals surface area contributed by atoms with Gasteiger partial charge in [0.1, 0.15) is 0 Å². The van der Waals surface area contributed by atoms with Gasteiger partial charge < -0.3 is 10.1 Å². The number of amides is 3. The third-order valence-corrected chi connectivity index (χ3v) is 7.21. The van der Waals surface area contributed by atoms with Crippen molar-refractivity contribution >= 4 is 58.3 Å². The van der Waals surface area contributed by atoms with E-state index >= 15 is 0 Å². The number of nitrogens with zero attached hydrogens (tertiary/aromatic N) is 1. The van der Waals surface area contributed by atoms with Crippen molar-refractivity contribution in [3.8, 4) is 0 Å². The average Bonchev–Trinajstić information content (AvgIpc) is 3.49. The van der Waals surface area contributed by atoms with Gasteiger partial charge in [-0.15, -0.1) is 0 Å². The molecule has 4 atom stereocenters. The molecule has 2 bridgehead atoms. The number of imide groups is 1. The highest BCUT2D eigenvalue weighted by Crippen LogP contribution is 2.53. The first-order chi connectivity index (χ1) is 15.8. The molecule has 1 aliphatic heterocycles. The van der Waals surface area contributed by atoms with E-state index < -0.39 is 18.5 Å². The van der Waals surface area contributed by atoms with Crippen LogP contribution < -0.4 is 10.2 Å². The largest absolute Gasteiger partial charge is 0.452 e. The Morgan fingerprint density at radius 1 is 0.970 bits per heavy atom. The molecule has 2 aromatic carbocycles. The van der Waals surface area contributed by atoms with Crippen LogP contribution in [0.5, 0.6) is 0 Å². The van der Waals surface area contributed by atoms with Crippen molar-refractivity contribution in [3.05, 3.63) is 70.2 Å². The number of allylic oxidation sites excluding steroid dienone is 2. The van der Waals surface area contributed by atoms with Gasteiger partial charge in [0.25, 0.3) is 5.91 Å². The topological polar surface area (TPSA) is 92.8 Å². The van der Waals surface area contributed by atoms with E-state index in [2.05, 4.69) is 5.32 Å². The summed E-state index contributed by atoms with van der Waals surface area (Å²) in [5.74, 6) is -1.99. The number of carbonyl (C=O) groups is 4. The maximum Gasteiger partial charge on any atom is 0.338 e. The molecule has 7 nitrogen and oxygen atoms in total. The number of halogens is 2. The first-order valence-corrected chi connectivity index (χ1v) is 11.2. The molecule has 0 radical (unpaired) electrons. The van der Waals surface area contributed by atoms with Crippen LogP contribution in [0, 0.1) is 23.7 Å². The molecule has 1 saturated carbocycles. The van der Waals surface area contributed by atoms with Crippen molar-refractivity contribution in [2.45, 2.75) is 6.42 Å². The van der Waals surface area contributed by atoms with Crippen molar-refractivity contribution < 1.29 is 23.9 Å². The van der Waals surface area contributed by atoms with Gasteiger partial charge in [0.05, 0.1) is 38.8 Å². The Labute approximate surface area is 199 Å². The Morgan fingerprint density at radius 3 is 2.24 bits per heavy atom. The summed E-state index contributed by atoms with van der Waals surface area (Å²) < 4.78 is 5.05. The number of ether oxygens (including phenoxy) is 1. The van der Waals surface area contributed by atoms with E-state index in [1.807, 2.05) is 12.2 Å². The number of rotatable bonds is 5. The minimum atomic E-state index is -0.716. The normalized spacial score (nSPS) is 24.8. The summed E-state index contributed by atoms with van der Waals surface area (Å²) in [6.07, 6.45) is 4.94. The van der Waals surface area contributed by atoms with Gasteiger partial charge in [0.2, 0.25) is 11.8 Å². The number of hydrogen-bond acceptors (Lipinski definition) is 5. The van der Waals surface area contributed by atoms with E-state index in [0.717, 1.165) is 6.42 Å². The monoisotopic (exact) mass is 484 g/mol. The predicted octanol–water partition coefficient (Wildman–Crippen LogP) is 4.10. The molecule has 1 N–H and O–H groups in total. The highest BCUT2D eigenvalue weighted by atomic mass is 35.5. The number of anilines is 2. The summed E-state index contributed by atoms with van der Waals surface area (Å²) in [5.41, 5.74) is 0.917. The standard InChI is InChI=1S/C24H18Cl2N2O5/c25-16-2-1-3-17(21(16)26)27-18(29)11-33-24(32)12-6-8-15(9-7-12)28-22(30)19-13-4-5-14(10-13)20(19)23(28)31/h1-9,13-14,19-20H,10-11H2,(H,27,29)/t13-,14-,19-,20-/m0/s1. The molecule has 168 valence electrons. The zero-order valence-electron chi connectivity index (χ0n) is 17.2. The molecule has 0 unspecified atom stereocenters. The summed E-state index contributed by atoms with van der Waals surface area (Å²) in [6.45, 7) is -0.522. The van der Waals surface area contributed by atoms with E-state index in [9.17, 15) is 19.2 Å². The molecule has 2 fully saturated rings. The smallest absolute Gasteiger partial charge is 0.338 e. The zero-order valence-corrected chi connectivity index (χ0v) is 18.7. The summed E-state index contributed by atoms with van der Waals surface area (Å²) in [4.78, 5) is 51.4. The van der Waals surface area contributed by atoms with Crippen LogP contribution in [0.25, 0.3) is 0 Å². The van der Waals surface area contributed by atoms with Crippen LogP contribution in [-0.4, -0.2) is 30.3 Å². The van der Waals surface area contributed by atoms with Crippen molar-refractivity contribution in [3.63, 3.8) is 0 Å². The van der Waals surface area contributed by atoms with Crippen LogP contribution in [0.15, 0.2) is 54.6 Å². The van der Waals surface area contributed by atoms with Gasteiger partial charge in [-0.05, 0) is 54.7 Å². The number of benzene rings is 2. The molecular formula is C24H18Cl2N2O5. The summed E-state index contributed by atoms with van der Waals surface area (Å²) in [6, 6.07) is 10.8. The fourth-order valence-corrected chi connectivity index (χ4v) is 5.25. The number of nitrogens with one attached hydrogen (secondary N) is 1. The third-order valence-electron chi connectivity index (χ3n) is 6.39. The Hall–Kier alpha value is -3.16. The molecule has 2 aliphatic carbocycles. The van der Waals surface area contributed by atoms with Crippen molar-refractivity contribution in [2.75, 3.05) is 16.8 Å². The molecule has 5 rings (SSSR count). The maximum absolute atomic E-state index is 12.9. The van der Waals surface area contributed by atoms with Crippen LogP contribution in [0.2, 0.25) is 10.0 Å². The molecule has 2 aromatic rings. The molecule has 33 heavy (non-hydrogen) atoms. The number of hydrogen-bond donors (Lipinski definition) is 1. The first-order valence-electron chi connectivity index (χ1n) is 10.4. The number of fused-ring (bicyclic) bond motifs is 5. The van der Waals surface area contributed by atoms with Gasteiger partial charge in [-0.25, -0.2) is 4.79 Å². The van der Waals surface area contributed by atoms with E-state index in [-0.39, 0.29) is 51.1 Å². The first kappa shape index (κ1) is 21.7. The highest BCUT2D eigenvalue weighted by molar-refractivity contribution is 6.44. The molecule has 1 heterocycles. The maximum atomic E-state index is 12.9. The minimum absolute atomic E-state index is 0.128. The molecule has 9 heteroatoms. The molecule has 0 aromatic heterocycles. The lowest BCUT2D eigenvalue weighted by Crippen LogP contribution is -2.32. The summed E-state index contributed by atoms with van der Waals surface area (Å²) in [7, 11) is 0. The predicted molar refractivity (Wildman–Crippen MR) is 122 cm³/mol. The Bertz CT molecular complexity index is 1180. The van der Waals surface area contributed by atoms with Gasteiger partial charge in [-0.3, -0.25) is 19.3 Å². The van der Waals surface area contributed by atoms with E-state index in [4.69, 9.17) is 27.9 Å². The molecule has 0 spiro atoms. The number of carbonyl (C=O) groups excluding carboxylic acids is 4. The lowest BCUT2D eigenvalue weighted by atomic mass is 9.85. The van der Waals surface area contributed by atoms with Gasteiger partial charge in [-0.2, -0.15) is 0 Å². The van der Waals surface area contributed by atoms with Crippen molar-refractivity contribution in [1.82, 2.24) is 0 Å². The van der Waals surface area contributed by atoms with Crippen molar-refractivity contribution in [2.24, 2.45) is 23.7 Å². The van der Waals surface area contributed by atoms with E-state index in [1.165, 1.54) is 29.2 Å². The quantitative estimate of drug-likeness (QED) is 0.391. The van der Waals surface area contributed by atoms with Crippen LogP contribution in [0.1, 0.15) is 16.8 Å². The van der Waals surface area contributed by atoms with Crippen LogP contribution in [0.3, 0.4) is 0 Å². The third kappa shape index (κ3) is 3.71. The van der Waals surface area contributed by atoms with Crippen molar-refractivity contribution in [1.29, 1.82) is 0 Å². The lowest BCUT2D eigenvalue weighted by Gasteiger charge is -2.17. The van der Waals surface area contributed by atoms with Crippen LogP contribution in [0.4, 0.5) is 11.4 Å². The average molecular weight is 485 g/mol. The Balaban J connectivity index is 1.21. The van der Waals surface area contributed by atoms with Gasteiger partial charge in [0.15, 0.2) is 6.61 Å². The van der Waals surface area contributed by atoms with Gasteiger partial charge >= 0.3 is 5.97 Å². The highest BCUT2D eigenvalue weighted by Gasteiger charge is 2.59. The minimum Gasteiger partial charge on any atom is -0.452 e. The van der Waals surface area contributed by atoms with Gasteiger partial charge in [-0.1, -0.05) is 41.4 Å². The second-order valence-electron chi connectivity index (χ2n) is 8.28. The fraction of sp³-hybridized carbons (Fsp3) is 0.250. The lowest BCUT2D eigenvalue weighted by molar-refractivity contribution is -0.123. The summed E-state index contributed by atoms with van der Waals surface area (Å²) in [5, 5.41) is 3.00. The second kappa shape index (κ2) is 8.32. The van der Waals surface area contributed by atoms with E-state index in [0.29, 0.717) is 11.4 Å². The zero-order chi connectivity index (χ0) is 23.3. The Morgan fingerprint density at radius 2 is 1.61 bits per heavy atom. The second-order valence-corrected chi connectivity index (χ2v) is 9.07. The van der Waals surface area contributed by atoms with Gasteiger partial charge in [0, 0.05) is 0 Å². The molecule has 3 aliphatic rings. The fourth-order valence-electron chi connectivity index (χ4n) is 4.90.